The van der Waals surface area contributed by atoms with Gasteiger partial charge in [0.2, 0.25) is 5.91 Å². The van der Waals surface area contributed by atoms with E-state index < -0.39 is 0 Å². The van der Waals surface area contributed by atoms with Gasteiger partial charge in [-0.25, -0.2) is 0 Å². The Labute approximate surface area is 142 Å². The minimum Gasteiger partial charge on any atom is -0.492 e. The largest absolute Gasteiger partial charge is 0.492 e. The molecular weight excluding hydrogens is 314 g/mol. The summed E-state index contributed by atoms with van der Waals surface area (Å²) in [6.45, 7) is 6.63. The van der Waals surface area contributed by atoms with Crippen LogP contribution in [0, 0.1) is 17.3 Å². The van der Waals surface area contributed by atoms with Gasteiger partial charge in [-0.1, -0.05) is 31.5 Å². The van der Waals surface area contributed by atoms with Crippen molar-refractivity contribution in [1.29, 1.82) is 0 Å². The molecule has 0 heterocycles. The molecule has 1 aromatic carbocycles. The van der Waals surface area contributed by atoms with Gasteiger partial charge in [0.15, 0.2) is 0 Å². The maximum absolute atomic E-state index is 12.0. The summed E-state index contributed by atoms with van der Waals surface area (Å²) in [5.74, 6) is 1.29. The molecule has 23 heavy (non-hydrogen) atoms. The van der Waals surface area contributed by atoms with Crippen LogP contribution in [0.4, 0.5) is 0 Å². The zero-order chi connectivity index (χ0) is 17.0. The van der Waals surface area contributed by atoms with Gasteiger partial charge < -0.3 is 10.1 Å². The molecule has 1 amide bonds. The van der Waals surface area contributed by atoms with Crippen molar-refractivity contribution in [2.24, 2.45) is 17.3 Å². The highest BCUT2D eigenvalue weighted by Gasteiger charge is 2.50. The number of carbonyl (C=O) groups excluding carboxylic acids is 2. The van der Waals surface area contributed by atoms with Crippen LogP contribution in [0.5, 0.6) is 5.75 Å². The third kappa shape index (κ3) is 4.47. The number of Topliss-reactive ketones (excluding diaryl/α,β-unsaturated/α-hetero) is 1. The number of carbonyl (C=O) groups is 2. The van der Waals surface area contributed by atoms with Crippen LogP contribution in [0.15, 0.2) is 24.3 Å². The number of hydrogen-bond acceptors (Lipinski definition) is 3. The van der Waals surface area contributed by atoms with Crippen molar-refractivity contribution in [2.45, 2.75) is 33.6 Å². The predicted molar refractivity (Wildman–Crippen MR) is 90.6 cm³/mol. The minimum atomic E-state index is -0.0829. The first-order valence-corrected chi connectivity index (χ1v) is 8.34. The average molecular weight is 338 g/mol. The van der Waals surface area contributed by atoms with Gasteiger partial charge in [-0.05, 0) is 42.9 Å². The predicted octanol–water partition coefficient (Wildman–Crippen LogP) is 3.48. The molecule has 1 fully saturated rings. The Morgan fingerprint density at radius 3 is 2.74 bits per heavy atom. The second kappa shape index (κ2) is 7.35. The van der Waals surface area contributed by atoms with Crippen molar-refractivity contribution >= 4 is 23.3 Å². The molecule has 126 valence electrons. The first kappa shape index (κ1) is 17.8. The van der Waals surface area contributed by atoms with Crippen molar-refractivity contribution in [3.8, 4) is 5.75 Å². The van der Waals surface area contributed by atoms with E-state index in [0.29, 0.717) is 30.3 Å². The van der Waals surface area contributed by atoms with Crippen molar-refractivity contribution in [2.75, 3.05) is 13.2 Å². The molecule has 0 aromatic heterocycles. The van der Waals surface area contributed by atoms with E-state index in [9.17, 15) is 9.59 Å². The van der Waals surface area contributed by atoms with Crippen LogP contribution in [-0.4, -0.2) is 24.8 Å². The van der Waals surface area contributed by atoms with Gasteiger partial charge in [-0.2, -0.15) is 0 Å². The van der Waals surface area contributed by atoms with Crippen LogP contribution < -0.4 is 10.1 Å². The molecule has 0 spiro atoms. The van der Waals surface area contributed by atoms with Gasteiger partial charge in [-0.15, -0.1) is 0 Å². The Kier molecular flexibility index (Phi) is 5.69. The fraction of sp³-hybridized carbons (Fsp3) is 0.556. The zero-order valence-electron chi connectivity index (χ0n) is 13.9. The Morgan fingerprint density at radius 1 is 1.39 bits per heavy atom. The number of amides is 1. The molecule has 2 atom stereocenters. The topological polar surface area (TPSA) is 55.4 Å². The Morgan fingerprint density at radius 2 is 2.13 bits per heavy atom. The Bertz CT molecular complexity index is 585. The van der Waals surface area contributed by atoms with Crippen molar-refractivity contribution < 1.29 is 14.3 Å². The fourth-order valence-corrected chi connectivity index (χ4v) is 3.44. The standard InChI is InChI=1S/C18H24ClNO3/c1-12(21)16-9-13(18(16,2)3)10-17(22)20-7-8-23-15-6-4-5-14(19)11-15/h4-6,11,13,16H,7-10H2,1-3H3,(H,20,22)/t13-,16+/m1/s1. The van der Waals surface area contributed by atoms with Gasteiger partial charge in [0.05, 0.1) is 6.54 Å². The lowest BCUT2D eigenvalue weighted by Crippen LogP contribution is -2.49. The highest BCUT2D eigenvalue weighted by molar-refractivity contribution is 6.30. The van der Waals surface area contributed by atoms with Crippen LogP contribution in [-0.2, 0) is 9.59 Å². The molecule has 0 saturated heterocycles. The molecular formula is C18H24ClNO3. The lowest BCUT2D eigenvalue weighted by atomic mass is 9.52. The van der Waals surface area contributed by atoms with E-state index in [1.54, 1.807) is 19.1 Å². The van der Waals surface area contributed by atoms with E-state index in [0.717, 1.165) is 6.42 Å². The van der Waals surface area contributed by atoms with Gasteiger partial charge in [-0.3, -0.25) is 9.59 Å². The smallest absolute Gasteiger partial charge is 0.220 e. The normalized spacial score (nSPS) is 22.1. The summed E-state index contributed by atoms with van der Waals surface area (Å²) in [5.41, 5.74) is -0.0829. The minimum absolute atomic E-state index is 0.0137. The van der Waals surface area contributed by atoms with Gasteiger partial charge in [0.25, 0.3) is 0 Å². The van der Waals surface area contributed by atoms with E-state index in [4.69, 9.17) is 16.3 Å². The first-order valence-electron chi connectivity index (χ1n) is 7.96. The van der Waals surface area contributed by atoms with Crippen LogP contribution in [0.2, 0.25) is 5.02 Å². The van der Waals surface area contributed by atoms with E-state index >= 15 is 0 Å². The van der Waals surface area contributed by atoms with E-state index in [1.807, 2.05) is 12.1 Å². The number of rotatable bonds is 7. The van der Waals surface area contributed by atoms with Crippen LogP contribution in [0.1, 0.15) is 33.6 Å². The molecule has 0 radical (unpaired) electrons. The van der Waals surface area contributed by atoms with Crippen LogP contribution in [0.25, 0.3) is 0 Å². The van der Waals surface area contributed by atoms with Gasteiger partial charge in [0.1, 0.15) is 18.1 Å². The number of hydrogen-bond donors (Lipinski definition) is 1. The highest BCUT2D eigenvalue weighted by Crippen LogP contribution is 2.53. The number of benzene rings is 1. The summed E-state index contributed by atoms with van der Waals surface area (Å²) in [4.78, 5) is 23.5. The summed E-state index contributed by atoms with van der Waals surface area (Å²) in [6, 6.07) is 7.17. The molecule has 1 N–H and O–H groups in total. The SMILES string of the molecule is CC(=O)[C@@H]1C[C@H](CC(=O)NCCOc2cccc(Cl)c2)C1(C)C. The fourth-order valence-electron chi connectivity index (χ4n) is 3.26. The molecule has 1 aliphatic carbocycles. The lowest BCUT2D eigenvalue weighted by Gasteiger charge is -2.51. The summed E-state index contributed by atoms with van der Waals surface area (Å²) in [7, 11) is 0. The Balaban J connectivity index is 1.67. The number of nitrogens with one attached hydrogen (secondary N) is 1. The summed E-state index contributed by atoms with van der Waals surface area (Å²) >= 11 is 5.87. The number of ketones is 1. The van der Waals surface area contributed by atoms with E-state index in [1.165, 1.54) is 0 Å². The maximum Gasteiger partial charge on any atom is 0.220 e. The number of halogens is 1. The molecule has 0 bridgehead atoms. The second-order valence-corrected chi connectivity index (χ2v) is 7.21. The van der Waals surface area contributed by atoms with Crippen molar-refractivity contribution in [3.05, 3.63) is 29.3 Å². The van der Waals surface area contributed by atoms with Crippen molar-refractivity contribution in [3.63, 3.8) is 0 Å². The van der Waals surface area contributed by atoms with E-state index in [2.05, 4.69) is 19.2 Å². The molecule has 0 aliphatic heterocycles. The van der Waals surface area contributed by atoms with Gasteiger partial charge in [0, 0.05) is 17.4 Å². The zero-order valence-corrected chi connectivity index (χ0v) is 14.7. The molecule has 2 rings (SSSR count). The molecule has 0 unspecified atom stereocenters. The highest BCUT2D eigenvalue weighted by atomic mass is 35.5. The summed E-state index contributed by atoms with van der Waals surface area (Å²) in [5, 5.41) is 3.49. The maximum atomic E-state index is 12.0. The van der Waals surface area contributed by atoms with Crippen LogP contribution in [0.3, 0.4) is 0 Å². The second-order valence-electron chi connectivity index (χ2n) is 6.78. The van der Waals surface area contributed by atoms with Crippen molar-refractivity contribution in [1.82, 2.24) is 5.32 Å². The third-order valence-electron chi connectivity index (χ3n) is 4.88. The summed E-state index contributed by atoms with van der Waals surface area (Å²) < 4.78 is 5.53. The summed E-state index contributed by atoms with van der Waals surface area (Å²) in [6.07, 6.45) is 1.28. The lowest BCUT2D eigenvalue weighted by molar-refractivity contribution is -0.141. The monoisotopic (exact) mass is 337 g/mol. The first-order chi connectivity index (χ1) is 10.8. The molecule has 1 aromatic rings. The Hall–Kier alpha value is -1.55. The molecule has 1 aliphatic rings. The van der Waals surface area contributed by atoms with E-state index in [-0.39, 0.29) is 28.9 Å². The quantitative estimate of drug-likeness (QED) is 0.775. The third-order valence-corrected chi connectivity index (χ3v) is 5.12. The van der Waals surface area contributed by atoms with Crippen LogP contribution >= 0.6 is 11.6 Å². The molecule has 5 heteroatoms. The molecule has 1 saturated carbocycles. The average Bonchev–Trinajstić information content (AvgIpc) is 2.47. The number of ether oxygens (including phenoxy) is 1. The van der Waals surface area contributed by atoms with Gasteiger partial charge >= 0.3 is 0 Å². The molecule has 4 nitrogen and oxygen atoms in total.